The van der Waals surface area contributed by atoms with Crippen molar-refractivity contribution in [3.05, 3.63) is 64.4 Å². The molecule has 0 saturated heterocycles. The zero-order valence-corrected chi connectivity index (χ0v) is 11.0. The van der Waals surface area contributed by atoms with E-state index in [0.717, 1.165) is 12.1 Å². The molecule has 0 spiro atoms. The molecule has 0 fully saturated rings. The summed E-state index contributed by atoms with van der Waals surface area (Å²) in [5.41, 5.74) is 6.16. The molecule has 1 aromatic heterocycles. The smallest absolute Gasteiger partial charge is 0.0672 e. The van der Waals surface area contributed by atoms with E-state index >= 15 is 0 Å². The minimum absolute atomic E-state index is 0.00928. The summed E-state index contributed by atoms with van der Waals surface area (Å²) in [7, 11) is 0. The number of hydrogen-bond donors (Lipinski definition) is 2. The zero-order chi connectivity index (χ0) is 13.0. The van der Waals surface area contributed by atoms with Crippen molar-refractivity contribution in [3.63, 3.8) is 0 Å². The second-order valence-corrected chi connectivity index (χ2v) is 4.75. The van der Waals surface area contributed by atoms with Crippen LogP contribution in [0.25, 0.3) is 0 Å². The molecule has 1 atom stereocenters. The Bertz CT molecular complexity index is 493. The first kappa shape index (κ1) is 13.0. The molecule has 2 aromatic rings. The topological polar surface area (TPSA) is 50.9 Å². The maximum absolute atomic E-state index is 5.82. The molecular weight excluding hydrogens is 246 g/mol. The van der Waals surface area contributed by atoms with Gasteiger partial charge in [-0.05, 0) is 31.0 Å². The summed E-state index contributed by atoms with van der Waals surface area (Å²) in [6.07, 6.45) is 2.43. The molecule has 3 nitrogen and oxygen atoms in total. The summed E-state index contributed by atoms with van der Waals surface area (Å²) in [6, 6.07) is 12.1. The van der Waals surface area contributed by atoms with Crippen molar-refractivity contribution >= 4 is 11.6 Å². The molecule has 0 aliphatic heterocycles. The van der Waals surface area contributed by atoms with Gasteiger partial charge in [-0.15, -0.1) is 0 Å². The van der Waals surface area contributed by atoms with Crippen molar-refractivity contribution in [1.82, 2.24) is 10.4 Å². The second-order valence-electron chi connectivity index (χ2n) is 4.31. The van der Waals surface area contributed by atoms with Crippen LogP contribution in [0.1, 0.15) is 22.9 Å². The highest BCUT2D eigenvalue weighted by Crippen LogP contribution is 2.17. The molecule has 1 aromatic carbocycles. The first-order chi connectivity index (χ1) is 8.69. The Balaban J connectivity index is 2.14. The van der Waals surface area contributed by atoms with Gasteiger partial charge in [0.2, 0.25) is 0 Å². The Kier molecular flexibility index (Phi) is 4.31. The number of nitrogens with one attached hydrogen (secondary N) is 1. The van der Waals surface area contributed by atoms with Gasteiger partial charge in [-0.3, -0.25) is 16.3 Å². The average Bonchev–Trinajstić information content (AvgIpc) is 2.39. The van der Waals surface area contributed by atoms with Crippen LogP contribution in [-0.2, 0) is 6.42 Å². The van der Waals surface area contributed by atoms with Crippen molar-refractivity contribution in [2.75, 3.05) is 0 Å². The van der Waals surface area contributed by atoms with Gasteiger partial charge in [0.05, 0.1) is 16.8 Å². The number of nitrogens with two attached hydrogens (primary N) is 1. The number of pyridine rings is 1. The standard InChI is InChI=1S/C14H16ClN3/c1-10-2-4-11(5-3-10)8-14(18-16)13-7-6-12(15)9-17-13/h2-7,9,14,18H,8,16H2,1H3. The summed E-state index contributed by atoms with van der Waals surface area (Å²) < 4.78 is 0. The first-order valence-electron chi connectivity index (χ1n) is 5.82. The molecule has 4 heteroatoms. The highest BCUT2D eigenvalue weighted by atomic mass is 35.5. The lowest BCUT2D eigenvalue weighted by atomic mass is 10.0. The Hall–Kier alpha value is -1.42. The van der Waals surface area contributed by atoms with E-state index < -0.39 is 0 Å². The highest BCUT2D eigenvalue weighted by molar-refractivity contribution is 6.30. The van der Waals surface area contributed by atoms with E-state index in [1.54, 1.807) is 6.20 Å². The van der Waals surface area contributed by atoms with Crippen LogP contribution in [0, 0.1) is 6.92 Å². The predicted octanol–water partition coefficient (Wildman–Crippen LogP) is 2.79. The quantitative estimate of drug-likeness (QED) is 0.657. The van der Waals surface area contributed by atoms with Gasteiger partial charge in [0, 0.05) is 6.20 Å². The van der Waals surface area contributed by atoms with Crippen molar-refractivity contribution in [1.29, 1.82) is 0 Å². The Morgan fingerprint density at radius 1 is 1.22 bits per heavy atom. The lowest BCUT2D eigenvalue weighted by molar-refractivity contribution is 0.538. The largest absolute Gasteiger partial charge is 0.271 e. The van der Waals surface area contributed by atoms with Crippen LogP contribution in [0.3, 0.4) is 0 Å². The Labute approximate surface area is 112 Å². The number of aryl methyl sites for hydroxylation is 1. The minimum Gasteiger partial charge on any atom is -0.271 e. The van der Waals surface area contributed by atoms with E-state index in [4.69, 9.17) is 17.4 Å². The van der Waals surface area contributed by atoms with E-state index in [-0.39, 0.29) is 6.04 Å². The van der Waals surface area contributed by atoms with Crippen LogP contribution in [0.15, 0.2) is 42.6 Å². The maximum Gasteiger partial charge on any atom is 0.0672 e. The average molecular weight is 262 g/mol. The van der Waals surface area contributed by atoms with Crippen LogP contribution in [-0.4, -0.2) is 4.98 Å². The van der Waals surface area contributed by atoms with Gasteiger partial charge in [-0.25, -0.2) is 0 Å². The fraction of sp³-hybridized carbons (Fsp3) is 0.214. The molecule has 1 heterocycles. The molecule has 0 aliphatic carbocycles. The van der Waals surface area contributed by atoms with Gasteiger partial charge >= 0.3 is 0 Å². The SMILES string of the molecule is Cc1ccc(CC(NN)c2ccc(Cl)cn2)cc1. The summed E-state index contributed by atoms with van der Waals surface area (Å²) >= 11 is 5.82. The van der Waals surface area contributed by atoms with Crippen molar-refractivity contribution in [2.45, 2.75) is 19.4 Å². The first-order valence-corrected chi connectivity index (χ1v) is 6.20. The van der Waals surface area contributed by atoms with E-state index in [2.05, 4.69) is 41.6 Å². The summed E-state index contributed by atoms with van der Waals surface area (Å²) in [6.45, 7) is 2.07. The lowest BCUT2D eigenvalue weighted by Gasteiger charge is -2.15. The van der Waals surface area contributed by atoms with E-state index in [1.165, 1.54) is 11.1 Å². The van der Waals surface area contributed by atoms with Gasteiger partial charge in [-0.1, -0.05) is 41.4 Å². The van der Waals surface area contributed by atoms with Gasteiger partial charge in [0.15, 0.2) is 0 Å². The van der Waals surface area contributed by atoms with Crippen LogP contribution < -0.4 is 11.3 Å². The summed E-state index contributed by atoms with van der Waals surface area (Å²) in [5.74, 6) is 5.60. The molecule has 2 rings (SSSR count). The molecule has 0 saturated carbocycles. The van der Waals surface area contributed by atoms with Gasteiger partial charge in [-0.2, -0.15) is 0 Å². The molecule has 18 heavy (non-hydrogen) atoms. The van der Waals surface area contributed by atoms with Crippen molar-refractivity contribution in [2.24, 2.45) is 5.84 Å². The number of rotatable bonds is 4. The van der Waals surface area contributed by atoms with Gasteiger partial charge in [0.25, 0.3) is 0 Å². The molecular formula is C14H16ClN3. The van der Waals surface area contributed by atoms with Crippen molar-refractivity contribution in [3.8, 4) is 0 Å². The normalized spacial score (nSPS) is 12.4. The lowest BCUT2D eigenvalue weighted by Crippen LogP contribution is -2.30. The van der Waals surface area contributed by atoms with E-state index in [9.17, 15) is 0 Å². The molecule has 1 unspecified atom stereocenters. The van der Waals surface area contributed by atoms with Gasteiger partial charge in [0.1, 0.15) is 0 Å². The Morgan fingerprint density at radius 3 is 2.50 bits per heavy atom. The molecule has 94 valence electrons. The molecule has 0 radical (unpaired) electrons. The third-order valence-electron chi connectivity index (χ3n) is 2.87. The van der Waals surface area contributed by atoms with Crippen LogP contribution in [0.4, 0.5) is 0 Å². The summed E-state index contributed by atoms with van der Waals surface area (Å²) in [5, 5.41) is 0.629. The number of halogens is 1. The predicted molar refractivity (Wildman–Crippen MR) is 74.2 cm³/mol. The fourth-order valence-corrected chi connectivity index (χ4v) is 1.91. The van der Waals surface area contributed by atoms with Gasteiger partial charge < -0.3 is 0 Å². The third-order valence-corrected chi connectivity index (χ3v) is 3.09. The third kappa shape index (κ3) is 3.29. The molecule has 0 aliphatic rings. The second kappa shape index (κ2) is 5.96. The number of benzene rings is 1. The highest BCUT2D eigenvalue weighted by Gasteiger charge is 2.11. The van der Waals surface area contributed by atoms with E-state index in [1.807, 2.05) is 12.1 Å². The van der Waals surface area contributed by atoms with Crippen LogP contribution >= 0.6 is 11.6 Å². The number of nitrogens with zero attached hydrogens (tertiary/aromatic N) is 1. The van der Waals surface area contributed by atoms with Crippen molar-refractivity contribution < 1.29 is 0 Å². The molecule has 0 bridgehead atoms. The molecule has 3 N–H and O–H groups in total. The monoisotopic (exact) mass is 261 g/mol. The van der Waals surface area contributed by atoms with Crippen LogP contribution in [0.5, 0.6) is 0 Å². The maximum atomic E-state index is 5.82. The fourth-order valence-electron chi connectivity index (χ4n) is 1.80. The summed E-state index contributed by atoms with van der Waals surface area (Å²) in [4.78, 5) is 4.29. The number of aromatic nitrogens is 1. The minimum atomic E-state index is -0.00928. The van der Waals surface area contributed by atoms with Crippen LogP contribution in [0.2, 0.25) is 5.02 Å². The number of hydrogen-bond acceptors (Lipinski definition) is 3. The zero-order valence-electron chi connectivity index (χ0n) is 10.2. The number of hydrazine groups is 1. The van der Waals surface area contributed by atoms with E-state index in [0.29, 0.717) is 5.02 Å². The Morgan fingerprint density at radius 2 is 1.94 bits per heavy atom. The molecule has 0 amide bonds.